The highest BCUT2D eigenvalue weighted by Crippen LogP contribution is 2.45. The smallest absolute Gasteiger partial charge is 0.101 e. The van der Waals surface area contributed by atoms with Crippen LogP contribution in [0.3, 0.4) is 0 Å². The molecule has 0 saturated heterocycles. The highest BCUT2D eigenvalue weighted by atomic mass is 15.0. The molecule has 0 fully saturated rings. The highest BCUT2D eigenvalue weighted by Gasteiger charge is 2.27. The van der Waals surface area contributed by atoms with Crippen molar-refractivity contribution in [2.24, 2.45) is 4.99 Å². The van der Waals surface area contributed by atoms with E-state index in [0.717, 1.165) is 110 Å². The zero-order chi connectivity index (χ0) is 46.3. The van der Waals surface area contributed by atoms with Gasteiger partial charge in [0, 0.05) is 84.9 Å². The molecule has 0 saturated carbocycles. The number of para-hydroxylation sites is 4. The van der Waals surface area contributed by atoms with Gasteiger partial charge < -0.3 is 18.3 Å². The fourth-order valence-corrected chi connectivity index (χ4v) is 10.8. The van der Waals surface area contributed by atoms with E-state index in [-0.39, 0.29) is 0 Å². The SMILES string of the molecule is C=N/C=C\c1c(C)n(-c2cc(-n3c4ccccc4c4ccncc43)c(-c3cc(C#N)c(-n4c5ccccc5c5ccncc54)cc3-n3c4ccccc4c4ccncc43)cc2C#N)c2ccccc12. The molecule has 0 spiro atoms. The van der Waals surface area contributed by atoms with E-state index in [1.165, 1.54) is 0 Å². The summed E-state index contributed by atoms with van der Waals surface area (Å²) in [4.78, 5) is 18.0. The summed E-state index contributed by atoms with van der Waals surface area (Å²) in [6.07, 6.45) is 14.8. The maximum absolute atomic E-state index is 11.4. The Bertz CT molecular complexity index is 4290. The number of nitriles is 2. The van der Waals surface area contributed by atoms with Gasteiger partial charge in [-0.3, -0.25) is 19.9 Å². The quantitative estimate of drug-likeness (QED) is 0.148. The van der Waals surface area contributed by atoms with Gasteiger partial charge in [0.15, 0.2) is 0 Å². The average Bonchev–Trinajstić information content (AvgIpc) is 4.12. The molecule has 7 aromatic heterocycles. The Labute approximate surface area is 394 Å². The molecule has 10 heteroatoms. The van der Waals surface area contributed by atoms with Crippen molar-refractivity contribution in [2.75, 3.05) is 0 Å². The van der Waals surface area contributed by atoms with Crippen LogP contribution in [-0.4, -0.2) is 39.9 Å². The van der Waals surface area contributed by atoms with Crippen LogP contribution < -0.4 is 0 Å². The molecule has 10 nitrogen and oxygen atoms in total. The minimum absolute atomic E-state index is 0.441. The molecule has 7 heterocycles. The molecule has 0 aliphatic rings. The lowest BCUT2D eigenvalue weighted by Crippen LogP contribution is -2.08. The second-order valence-corrected chi connectivity index (χ2v) is 17.1. The van der Waals surface area contributed by atoms with Crippen molar-refractivity contribution in [2.45, 2.75) is 6.92 Å². The summed E-state index contributed by atoms with van der Waals surface area (Å²) in [6, 6.07) is 52.8. The van der Waals surface area contributed by atoms with E-state index in [1.54, 1.807) is 12.4 Å². The molecule has 0 aliphatic heterocycles. The minimum Gasteiger partial charge on any atom is -0.312 e. The number of hydrogen-bond donors (Lipinski definition) is 0. The van der Waals surface area contributed by atoms with Crippen LogP contribution in [0.1, 0.15) is 22.4 Å². The summed E-state index contributed by atoms with van der Waals surface area (Å²) in [5, 5.41) is 30.2. The van der Waals surface area contributed by atoms with Crippen LogP contribution in [0.25, 0.3) is 116 Å². The van der Waals surface area contributed by atoms with E-state index in [1.807, 2.05) is 97.7 Å². The van der Waals surface area contributed by atoms with Crippen molar-refractivity contribution in [3.8, 4) is 46.0 Å². The molecule has 13 aromatic rings. The van der Waals surface area contributed by atoms with Crippen molar-refractivity contribution in [3.05, 3.63) is 205 Å². The maximum atomic E-state index is 11.4. The molecule has 322 valence electrons. The summed E-state index contributed by atoms with van der Waals surface area (Å²) >= 11 is 0. The van der Waals surface area contributed by atoms with Crippen LogP contribution in [-0.2, 0) is 0 Å². The third kappa shape index (κ3) is 5.70. The van der Waals surface area contributed by atoms with Crippen LogP contribution in [0, 0.1) is 29.6 Å². The Morgan fingerprint density at radius 3 is 1.23 bits per heavy atom. The first kappa shape index (κ1) is 39.5. The number of benzene rings is 6. The zero-order valence-electron chi connectivity index (χ0n) is 37.1. The molecule has 0 atom stereocenters. The van der Waals surface area contributed by atoms with Crippen molar-refractivity contribution in [1.29, 1.82) is 10.5 Å². The number of aromatic nitrogens is 7. The molecule has 0 aliphatic carbocycles. The van der Waals surface area contributed by atoms with Gasteiger partial charge in [0.2, 0.25) is 0 Å². The molecule has 69 heavy (non-hydrogen) atoms. The molecule has 0 radical (unpaired) electrons. The lowest BCUT2D eigenvalue weighted by atomic mass is 9.94. The molecule has 0 unspecified atom stereocenters. The normalized spacial score (nSPS) is 11.8. The van der Waals surface area contributed by atoms with Crippen LogP contribution in [0.5, 0.6) is 0 Å². The van der Waals surface area contributed by atoms with Gasteiger partial charge in [-0.15, -0.1) is 0 Å². The van der Waals surface area contributed by atoms with E-state index < -0.39 is 0 Å². The van der Waals surface area contributed by atoms with Crippen LogP contribution in [0.4, 0.5) is 0 Å². The average molecular weight is 885 g/mol. The summed E-state index contributed by atoms with van der Waals surface area (Å²) in [6.45, 7) is 5.77. The summed E-state index contributed by atoms with van der Waals surface area (Å²) < 4.78 is 8.80. The van der Waals surface area contributed by atoms with Crippen LogP contribution in [0.2, 0.25) is 0 Å². The molecule has 0 amide bonds. The molecule has 0 N–H and O–H groups in total. The third-order valence-corrected chi connectivity index (χ3v) is 13.7. The number of nitrogens with zero attached hydrogens (tertiary/aromatic N) is 10. The van der Waals surface area contributed by atoms with Crippen LogP contribution >= 0.6 is 0 Å². The molecular weight excluding hydrogens is 849 g/mol. The summed E-state index contributed by atoms with van der Waals surface area (Å²) in [7, 11) is 0. The lowest BCUT2D eigenvalue weighted by Gasteiger charge is -2.23. The standard InChI is InChI=1S/C59H36N10/c1-36-39(19-23-62-2)40-11-3-7-15-49(40)66(36)53-29-55(68-51-17-9-5-13-42(51)45-21-25-64-34-58(45)68)47(27-37(53)31-60)48-28-38(32-61)54(67-50-16-8-4-12-41(50)44-20-24-63-33-57(44)67)30-56(48)69-52-18-10-6-14-43(52)46-22-26-65-35-59(46)69/h3-30,33-35H,2H2,1H3/b23-19-. The number of pyridine rings is 3. The van der Waals surface area contributed by atoms with Crippen molar-refractivity contribution >= 4 is 89.1 Å². The minimum atomic E-state index is 0.441. The zero-order valence-corrected chi connectivity index (χ0v) is 37.1. The number of hydrogen-bond acceptors (Lipinski definition) is 6. The first-order chi connectivity index (χ1) is 34.1. The van der Waals surface area contributed by atoms with Gasteiger partial charge in [-0.2, -0.15) is 10.5 Å². The number of aliphatic imine (C=N–C) groups is 1. The van der Waals surface area contributed by atoms with Crippen molar-refractivity contribution in [1.82, 2.24) is 33.2 Å². The van der Waals surface area contributed by atoms with E-state index in [0.29, 0.717) is 22.5 Å². The predicted octanol–water partition coefficient (Wildman–Crippen LogP) is 13.5. The first-order valence-corrected chi connectivity index (χ1v) is 22.5. The van der Waals surface area contributed by atoms with E-state index in [4.69, 9.17) is 0 Å². The Balaban J connectivity index is 1.23. The maximum Gasteiger partial charge on any atom is 0.101 e. The van der Waals surface area contributed by atoms with Gasteiger partial charge in [0.1, 0.15) is 12.1 Å². The fraction of sp³-hybridized carbons (Fsp3) is 0.0169. The summed E-state index contributed by atoms with van der Waals surface area (Å²) in [5.74, 6) is 0. The van der Waals surface area contributed by atoms with Crippen LogP contribution in [0.15, 0.2) is 188 Å². The van der Waals surface area contributed by atoms with E-state index >= 15 is 0 Å². The van der Waals surface area contributed by atoms with Gasteiger partial charge in [0.25, 0.3) is 0 Å². The van der Waals surface area contributed by atoms with Crippen molar-refractivity contribution < 1.29 is 0 Å². The van der Waals surface area contributed by atoms with Gasteiger partial charge in [0.05, 0.1) is 91.1 Å². The first-order valence-electron chi connectivity index (χ1n) is 22.5. The molecular formula is C59H36N10. The number of rotatable bonds is 7. The Morgan fingerprint density at radius 1 is 0.449 bits per heavy atom. The Morgan fingerprint density at radius 2 is 0.812 bits per heavy atom. The van der Waals surface area contributed by atoms with Gasteiger partial charge >= 0.3 is 0 Å². The monoisotopic (exact) mass is 884 g/mol. The summed E-state index contributed by atoms with van der Waals surface area (Å²) in [5.41, 5.74) is 13.7. The fourth-order valence-electron chi connectivity index (χ4n) is 10.8. The van der Waals surface area contributed by atoms with Gasteiger partial charge in [-0.1, -0.05) is 72.8 Å². The van der Waals surface area contributed by atoms with E-state index in [2.05, 4.69) is 143 Å². The number of fused-ring (bicyclic) bond motifs is 10. The van der Waals surface area contributed by atoms with Gasteiger partial charge in [-0.25, -0.2) is 0 Å². The Hall–Kier alpha value is -9.90. The topological polar surface area (TPSA) is 118 Å². The van der Waals surface area contributed by atoms with Gasteiger partial charge in [-0.05, 0) is 86.4 Å². The lowest BCUT2D eigenvalue weighted by molar-refractivity contribution is 1.03. The Kier molecular flexibility index (Phi) is 8.78. The third-order valence-electron chi connectivity index (χ3n) is 13.7. The largest absolute Gasteiger partial charge is 0.312 e. The molecule has 13 rings (SSSR count). The van der Waals surface area contributed by atoms with Crippen molar-refractivity contribution in [3.63, 3.8) is 0 Å². The second kappa shape index (κ2) is 15.3. The predicted molar refractivity (Wildman–Crippen MR) is 278 cm³/mol. The highest BCUT2D eigenvalue weighted by molar-refractivity contribution is 6.12. The second-order valence-electron chi connectivity index (χ2n) is 17.1. The molecule has 6 aromatic carbocycles. The van der Waals surface area contributed by atoms with E-state index in [9.17, 15) is 10.5 Å². The molecule has 0 bridgehead atoms.